The highest BCUT2D eigenvalue weighted by atomic mass is 19.1. The number of aromatic nitrogens is 2. The Kier molecular flexibility index (Phi) is 6.39. The smallest absolute Gasteiger partial charge is 0.270 e. The van der Waals surface area contributed by atoms with Crippen molar-refractivity contribution in [3.05, 3.63) is 88.8 Å². The van der Waals surface area contributed by atoms with E-state index in [9.17, 15) is 9.18 Å². The number of hydrogen-bond acceptors (Lipinski definition) is 6. The number of benzene rings is 2. The second-order valence-electron chi connectivity index (χ2n) is 7.41. The summed E-state index contributed by atoms with van der Waals surface area (Å²) in [4.78, 5) is 26.9. The molecule has 3 aromatic rings. The SMILES string of the molecule is COc1cc(CCNC(=O)c2cc(C3=NO[C@@H](c4ccccc4)C3)nc(C)n2)ccc1F. The minimum Gasteiger partial charge on any atom is -0.494 e. The number of hydrogen-bond donors (Lipinski definition) is 1. The minimum atomic E-state index is -0.419. The van der Waals surface area contributed by atoms with Crippen molar-refractivity contribution in [2.45, 2.75) is 25.9 Å². The van der Waals surface area contributed by atoms with Crippen molar-refractivity contribution in [1.82, 2.24) is 15.3 Å². The highest BCUT2D eigenvalue weighted by Gasteiger charge is 2.25. The van der Waals surface area contributed by atoms with Crippen LogP contribution >= 0.6 is 0 Å². The van der Waals surface area contributed by atoms with Crippen LogP contribution in [0.3, 0.4) is 0 Å². The van der Waals surface area contributed by atoms with Crippen LogP contribution in [0.1, 0.15) is 45.7 Å². The van der Waals surface area contributed by atoms with E-state index in [2.05, 4.69) is 20.4 Å². The second kappa shape index (κ2) is 9.55. The summed E-state index contributed by atoms with van der Waals surface area (Å²) in [6.07, 6.45) is 0.915. The van der Waals surface area contributed by atoms with Gasteiger partial charge in [0, 0.05) is 13.0 Å². The largest absolute Gasteiger partial charge is 0.494 e. The van der Waals surface area contributed by atoms with E-state index in [4.69, 9.17) is 9.57 Å². The van der Waals surface area contributed by atoms with Crippen molar-refractivity contribution in [2.75, 3.05) is 13.7 Å². The van der Waals surface area contributed by atoms with Gasteiger partial charge >= 0.3 is 0 Å². The fourth-order valence-corrected chi connectivity index (χ4v) is 3.48. The van der Waals surface area contributed by atoms with E-state index in [1.165, 1.54) is 13.2 Å². The molecule has 32 heavy (non-hydrogen) atoms. The van der Waals surface area contributed by atoms with Gasteiger partial charge in [-0.1, -0.05) is 41.6 Å². The Balaban J connectivity index is 1.39. The molecule has 1 N–H and O–H groups in total. The number of methoxy groups -OCH3 is 1. The molecule has 8 heteroatoms. The van der Waals surface area contributed by atoms with Gasteiger partial charge in [0.2, 0.25) is 0 Å². The molecule has 0 fully saturated rings. The maximum atomic E-state index is 13.5. The van der Waals surface area contributed by atoms with Crippen molar-refractivity contribution in [2.24, 2.45) is 5.16 Å². The van der Waals surface area contributed by atoms with Crippen molar-refractivity contribution < 1.29 is 18.8 Å². The first-order chi connectivity index (χ1) is 15.5. The molecule has 0 saturated heterocycles. The summed E-state index contributed by atoms with van der Waals surface area (Å²) in [7, 11) is 1.42. The lowest BCUT2D eigenvalue weighted by Gasteiger charge is -2.09. The quantitative estimate of drug-likeness (QED) is 0.612. The molecule has 0 unspecified atom stereocenters. The van der Waals surface area contributed by atoms with Gasteiger partial charge in [0.1, 0.15) is 17.2 Å². The molecule has 2 aromatic carbocycles. The van der Waals surface area contributed by atoms with Crippen LogP contribution in [0.5, 0.6) is 5.75 Å². The lowest BCUT2D eigenvalue weighted by atomic mass is 10.0. The first kappa shape index (κ1) is 21.4. The van der Waals surface area contributed by atoms with Crippen LogP contribution in [0.25, 0.3) is 0 Å². The van der Waals surface area contributed by atoms with Crippen LogP contribution in [-0.4, -0.2) is 35.2 Å². The molecule has 1 aromatic heterocycles. The molecule has 4 rings (SSSR count). The Hall–Kier alpha value is -3.81. The average molecular weight is 434 g/mol. The van der Waals surface area contributed by atoms with Crippen LogP contribution in [0, 0.1) is 12.7 Å². The highest BCUT2D eigenvalue weighted by Crippen LogP contribution is 2.29. The summed E-state index contributed by atoms with van der Waals surface area (Å²) in [5.41, 5.74) is 3.40. The van der Waals surface area contributed by atoms with Crippen LogP contribution in [-0.2, 0) is 11.3 Å². The molecule has 1 atom stereocenters. The van der Waals surface area contributed by atoms with Crippen molar-refractivity contribution in [3.63, 3.8) is 0 Å². The van der Waals surface area contributed by atoms with Crippen LogP contribution in [0.15, 0.2) is 59.8 Å². The van der Waals surface area contributed by atoms with E-state index >= 15 is 0 Å². The van der Waals surface area contributed by atoms with Gasteiger partial charge in [0.05, 0.1) is 12.8 Å². The summed E-state index contributed by atoms with van der Waals surface area (Å²) in [5, 5.41) is 7.03. The van der Waals surface area contributed by atoms with E-state index in [1.54, 1.807) is 25.1 Å². The van der Waals surface area contributed by atoms with Crippen molar-refractivity contribution >= 4 is 11.6 Å². The summed E-state index contributed by atoms with van der Waals surface area (Å²) in [6, 6.07) is 16.1. The maximum Gasteiger partial charge on any atom is 0.270 e. The molecule has 0 aliphatic carbocycles. The van der Waals surface area contributed by atoms with Gasteiger partial charge in [0.15, 0.2) is 17.7 Å². The van der Waals surface area contributed by atoms with E-state index < -0.39 is 5.82 Å². The molecule has 0 spiro atoms. The van der Waals surface area contributed by atoms with E-state index in [1.807, 2.05) is 30.3 Å². The van der Waals surface area contributed by atoms with Crippen LogP contribution in [0.4, 0.5) is 4.39 Å². The lowest BCUT2D eigenvalue weighted by Crippen LogP contribution is -2.27. The number of carbonyl (C=O) groups is 1. The third-order valence-electron chi connectivity index (χ3n) is 5.12. The third-order valence-corrected chi connectivity index (χ3v) is 5.12. The zero-order valence-electron chi connectivity index (χ0n) is 17.8. The molecule has 0 radical (unpaired) electrons. The fourth-order valence-electron chi connectivity index (χ4n) is 3.48. The van der Waals surface area contributed by atoms with Crippen molar-refractivity contribution in [1.29, 1.82) is 0 Å². The number of carbonyl (C=O) groups excluding carboxylic acids is 1. The Labute approximate surface area is 185 Å². The first-order valence-electron chi connectivity index (χ1n) is 10.3. The number of aryl methyl sites for hydroxylation is 1. The van der Waals surface area contributed by atoms with Gasteiger partial charge in [-0.15, -0.1) is 0 Å². The number of ether oxygens (including phenoxy) is 1. The number of amides is 1. The number of halogens is 1. The number of oxime groups is 1. The lowest BCUT2D eigenvalue weighted by molar-refractivity contribution is 0.0857. The number of rotatable bonds is 7. The normalized spacial score (nSPS) is 15.1. The summed E-state index contributed by atoms with van der Waals surface area (Å²) >= 11 is 0. The predicted molar refractivity (Wildman–Crippen MR) is 117 cm³/mol. The molecule has 0 saturated carbocycles. The van der Waals surface area contributed by atoms with Gasteiger partial charge in [0.25, 0.3) is 5.91 Å². The molecule has 1 amide bonds. The minimum absolute atomic E-state index is 0.175. The molecule has 1 aliphatic rings. The molecule has 1 aliphatic heterocycles. The predicted octanol–water partition coefficient (Wildman–Crippen LogP) is 3.77. The summed E-state index contributed by atoms with van der Waals surface area (Å²) < 4.78 is 18.5. The van der Waals surface area contributed by atoms with E-state index in [0.29, 0.717) is 36.6 Å². The molecular formula is C24H23FN4O3. The Morgan fingerprint density at radius 3 is 2.78 bits per heavy atom. The monoisotopic (exact) mass is 434 g/mol. The van der Waals surface area contributed by atoms with Gasteiger partial charge in [-0.2, -0.15) is 0 Å². The fraction of sp³-hybridized carbons (Fsp3) is 0.250. The third kappa shape index (κ3) is 4.91. The van der Waals surface area contributed by atoms with Gasteiger partial charge in [-0.25, -0.2) is 14.4 Å². The zero-order chi connectivity index (χ0) is 22.5. The van der Waals surface area contributed by atoms with Crippen LogP contribution < -0.4 is 10.1 Å². The highest BCUT2D eigenvalue weighted by molar-refractivity contribution is 6.02. The molecule has 0 bridgehead atoms. The van der Waals surface area contributed by atoms with Crippen LogP contribution in [0.2, 0.25) is 0 Å². The first-order valence-corrected chi connectivity index (χ1v) is 10.3. The van der Waals surface area contributed by atoms with Crippen molar-refractivity contribution in [3.8, 4) is 5.75 Å². The molecule has 7 nitrogen and oxygen atoms in total. The molecular weight excluding hydrogens is 411 g/mol. The zero-order valence-corrected chi connectivity index (χ0v) is 17.8. The number of nitrogens with one attached hydrogen (secondary N) is 1. The Morgan fingerprint density at radius 1 is 1.19 bits per heavy atom. The molecule has 164 valence electrons. The van der Waals surface area contributed by atoms with E-state index in [0.717, 1.165) is 11.1 Å². The summed E-state index contributed by atoms with van der Waals surface area (Å²) in [6.45, 7) is 2.10. The topological polar surface area (TPSA) is 85.7 Å². The van der Waals surface area contributed by atoms with Gasteiger partial charge in [-0.3, -0.25) is 4.79 Å². The Bertz CT molecular complexity index is 1150. The summed E-state index contributed by atoms with van der Waals surface area (Å²) in [5.74, 6) is -0.0809. The number of nitrogens with zero attached hydrogens (tertiary/aromatic N) is 3. The van der Waals surface area contributed by atoms with E-state index in [-0.39, 0.29) is 23.5 Å². The van der Waals surface area contributed by atoms with Gasteiger partial charge in [-0.05, 0) is 42.7 Å². The second-order valence-corrected chi connectivity index (χ2v) is 7.41. The maximum absolute atomic E-state index is 13.5. The Morgan fingerprint density at radius 2 is 2.00 bits per heavy atom. The standard InChI is InChI=1S/C24H23FN4O3/c1-15-27-19(20-14-22(32-29-20)17-6-4-3-5-7-17)13-21(28-15)24(30)26-11-10-16-8-9-18(25)23(12-16)31-2/h3-9,12-13,22H,10-11,14H2,1-2H3,(H,26,30)/t22-/m1/s1. The average Bonchev–Trinajstić information content (AvgIpc) is 3.31. The molecule has 2 heterocycles. The van der Waals surface area contributed by atoms with Gasteiger partial charge < -0.3 is 14.9 Å².